The summed E-state index contributed by atoms with van der Waals surface area (Å²) in [5.74, 6) is -1.72. The third-order valence-electron chi connectivity index (χ3n) is 3.89. The maximum Gasteiger partial charge on any atom is 0.332 e. The van der Waals surface area contributed by atoms with Gasteiger partial charge in [0.05, 0.1) is 6.54 Å². The van der Waals surface area contributed by atoms with Crippen LogP contribution in [0.3, 0.4) is 0 Å². The summed E-state index contributed by atoms with van der Waals surface area (Å²) in [6.07, 6.45) is 2.61. The highest BCUT2D eigenvalue weighted by Gasteiger charge is 2.23. The summed E-state index contributed by atoms with van der Waals surface area (Å²) in [7, 11) is 0. The van der Waals surface area contributed by atoms with Crippen molar-refractivity contribution in [1.29, 1.82) is 0 Å². The van der Waals surface area contributed by atoms with Crippen molar-refractivity contribution < 1.29 is 14.3 Å². The Morgan fingerprint density at radius 1 is 1.15 bits per heavy atom. The number of aromatic nitrogens is 2. The van der Waals surface area contributed by atoms with Crippen LogP contribution < -0.4 is 17.0 Å². The maximum absolute atomic E-state index is 12.6. The molecule has 0 aliphatic rings. The van der Waals surface area contributed by atoms with Crippen LogP contribution in [0.1, 0.15) is 29.8 Å². The third kappa shape index (κ3) is 4.41. The van der Waals surface area contributed by atoms with E-state index in [2.05, 4.69) is 0 Å². The van der Waals surface area contributed by atoms with Gasteiger partial charge < -0.3 is 10.5 Å². The van der Waals surface area contributed by atoms with Crippen molar-refractivity contribution in [3.63, 3.8) is 0 Å². The zero-order valence-electron chi connectivity index (χ0n) is 15.2. The lowest BCUT2D eigenvalue weighted by atomic mass is 10.2. The van der Waals surface area contributed by atoms with Gasteiger partial charge in [-0.15, -0.1) is 0 Å². The van der Waals surface area contributed by atoms with Gasteiger partial charge in [-0.3, -0.25) is 18.7 Å². The van der Waals surface area contributed by atoms with Crippen molar-refractivity contribution in [2.45, 2.75) is 26.9 Å². The molecule has 2 aromatic rings. The van der Waals surface area contributed by atoms with Gasteiger partial charge in [0, 0.05) is 12.6 Å². The lowest BCUT2D eigenvalue weighted by molar-refractivity contribution is -0.136. The summed E-state index contributed by atoms with van der Waals surface area (Å²) in [5, 5.41) is 0. The van der Waals surface area contributed by atoms with Gasteiger partial charge in [-0.25, -0.2) is 9.59 Å². The average Bonchev–Trinajstić information content (AvgIpc) is 2.65. The minimum atomic E-state index is -0.795. The molecule has 142 valence electrons. The van der Waals surface area contributed by atoms with Gasteiger partial charge in [-0.2, -0.15) is 0 Å². The lowest BCUT2D eigenvalue weighted by Crippen LogP contribution is -2.44. The molecule has 0 aliphatic heterocycles. The number of hydrogen-bond acceptors (Lipinski definition) is 6. The van der Waals surface area contributed by atoms with Crippen LogP contribution in [-0.4, -0.2) is 27.5 Å². The highest BCUT2D eigenvalue weighted by Crippen LogP contribution is 2.10. The van der Waals surface area contributed by atoms with Crippen molar-refractivity contribution in [2.75, 3.05) is 12.3 Å². The molecular formula is C19H21N3O5. The van der Waals surface area contributed by atoms with E-state index in [4.69, 9.17) is 10.5 Å². The summed E-state index contributed by atoms with van der Waals surface area (Å²) in [6.45, 7) is 2.78. The largest absolute Gasteiger partial charge is 0.454 e. The molecule has 0 atom stereocenters. The van der Waals surface area contributed by atoms with Gasteiger partial charge in [0.15, 0.2) is 6.61 Å². The van der Waals surface area contributed by atoms with Crippen molar-refractivity contribution in [1.82, 2.24) is 9.13 Å². The number of ether oxygens (including phenoxy) is 1. The predicted octanol–water partition coefficient (Wildman–Crippen LogP) is 0.962. The third-order valence-corrected chi connectivity index (χ3v) is 3.89. The van der Waals surface area contributed by atoms with Gasteiger partial charge in [-0.1, -0.05) is 36.4 Å². The van der Waals surface area contributed by atoms with Gasteiger partial charge >= 0.3 is 11.7 Å². The molecule has 1 aromatic carbocycles. The number of esters is 1. The fraction of sp³-hybridized carbons (Fsp3) is 0.263. The molecule has 0 fully saturated rings. The average molecular weight is 371 g/mol. The number of Topliss-reactive ketones (excluding diaryl/α,β-unsaturated/α-hetero) is 1. The topological polar surface area (TPSA) is 113 Å². The van der Waals surface area contributed by atoms with Gasteiger partial charge in [-0.05, 0) is 19.4 Å². The molecule has 0 saturated heterocycles. The first-order chi connectivity index (χ1) is 12.9. The number of anilines is 1. The molecule has 27 heavy (non-hydrogen) atoms. The normalized spacial score (nSPS) is 10.9. The molecule has 8 heteroatoms. The van der Waals surface area contributed by atoms with Gasteiger partial charge in [0.2, 0.25) is 5.78 Å². The van der Waals surface area contributed by atoms with E-state index >= 15 is 0 Å². The van der Waals surface area contributed by atoms with Crippen LogP contribution in [0.5, 0.6) is 0 Å². The fourth-order valence-corrected chi connectivity index (χ4v) is 2.57. The number of hydrogen-bond donors (Lipinski definition) is 1. The minimum absolute atomic E-state index is 0.0748. The molecule has 0 amide bonds. The van der Waals surface area contributed by atoms with E-state index in [0.717, 1.165) is 16.2 Å². The predicted molar refractivity (Wildman–Crippen MR) is 101 cm³/mol. The van der Waals surface area contributed by atoms with Gasteiger partial charge in [0.1, 0.15) is 11.4 Å². The number of nitrogens with two attached hydrogens (primary N) is 1. The summed E-state index contributed by atoms with van der Waals surface area (Å²) in [4.78, 5) is 49.0. The van der Waals surface area contributed by atoms with Crippen molar-refractivity contribution >= 4 is 17.6 Å². The molecule has 1 heterocycles. The van der Waals surface area contributed by atoms with Crippen LogP contribution in [-0.2, 0) is 22.6 Å². The van der Waals surface area contributed by atoms with E-state index in [-0.39, 0.29) is 24.5 Å². The first kappa shape index (κ1) is 19.9. The van der Waals surface area contributed by atoms with Crippen LogP contribution in [0, 0.1) is 0 Å². The molecule has 2 rings (SSSR count). The summed E-state index contributed by atoms with van der Waals surface area (Å²) >= 11 is 0. The second-order valence-corrected chi connectivity index (χ2v) is 5.69. The molecular weight excluding hydrogens is 350 g/mol. The lowest BCUT2D eigenvalue weighted by Gasteiger charge is -2.15. The SMILES string of the molecule is CC=CC(=O)OCC(=O)c1c(N)n(Cc2ccccc2)c(=O)n(CC)c1=O. The zero-order chi connectivity index (χ0) is 20.0. The Labute approximate surface area is 155 Å². The van der Waals surface area contributed by atoms with Gasteiger partial charge in [0.25, 0.3) is 5.56 Å². The first-order valence-corrected chi connectivity index (χ1v) is 8.40. The summed E-state index contributed by atoms with van der Waals surface area (Å²) < 4.78 is 6.90. The molecule has 0 radical (unpaired) electrons. The number of nitrogen functional groups attached to an aromatic ring is 1. The quantitative estimate of drug-likeness (QED) is 0.441. The molecule has 0 aliphatic carbocycles. The van der Waals surface area contributed by atoms with E-state index in [1.165, 1.54) is 10.6 Å². The van der Waals surface area contributed by atoms with Crippen molar-refractivity contribution in [2.24, 2.45) is 0 Å². The Bertz CT molecular complexity index is 987. The number of nitrogens with zero attached hydrogens (tertiary/aromatic N) is 2. The Kier molecular flexibility index (Phi) is 6.48. The zero-order valence-corrected chi connectivity index (χ0v) is 15.2. The minimum Gasteiger partial charge on any atom is -0.454 e. The molecule has 0 spiro atoms. The smallest absolute Gasteiger partial charge is 0.332 e. The molecule has 0 unspecified atom stereocenters. The van der Waals surface area contributed by atoms with Crippen LogP contribution in [0.15, 0.2) is 52.1 Å². The number of ketones is 1. The molecule has 1 aromatic heterocycles. The van der Waals surface area contributed by atoms with Crippen LogP contribution in [0.2, 0.25) is 0 Å². The van der Waals surface area contributed by atoms with E-state index < -0.39 is 29.6 Å². The van der Waals surface area contributed by atoms with Crippen LogP contribution in [0.25, 0.3) is 0 Å². The molecule has 0 bridgehead atoms. The summed E-state index contributed by atoms with van der Waals surface area (Å²) in [5.41, 5.74) is 5.02. The molecule has 2 N–H and O–H groups in total. The van der Waals surface area contributed by atoms with Crippen molar-refractivity contribution in [3.8, 4) is 0 Å². The number of rotatable bonds is 7. The Hall–Kier alpha value is -3.42. The fourth-order valence-electron chi connectivity index (χ4n) is 2.57. The summed E-state index contributed by atoms with van der Waals surface area (Å²) in [6, 6.07) is 9.04. The standard InChI is InChI=1S/C19H21N3O5/c1-3-8-15(24)27-12-14(23)16-17(20)22(11-13-9-6-5-7-10-13)19(26)21(4-2)18(16)25/h3,5-10H,4,11-12,20H2,1-2H3. The Balaban J connectivity index is 2.49. The Morgan fingerprint density at radius 3 is 2.41 bits per heavy atom. The molecule has 0 saturated carbocycles. The first-order valence-electron chi connectivity index (χ1n) is 8.40. The maximum atomic E-state index is 12.6. The highest BCUT2D eigenvalue weighted by molar-refractivity contribution is 6.01. The number of benzene rings is 1. The van der Waals surface area contributed by atoms with Crippen LogP contribution >= 0.6 is 0 Å². The second kappa shape index (κ2) is 8.79. The van der Waals surface area contributed by atoms with E-state index in [1.54, 1.807) is 38.1 Å². The van der Waals surface area contributed by atoms with E-state index in [1.807, 2.05) is 6.07 Å². The highest BCUT2D eigenvalue weighted by atomic mass is 16.5. The number of carbonyl (C=O) groups excluding carboxylic acids is 2. The van der Waals surface area contributed by atoms with Crippen LogP contribution in [0.4, 0.5) is 5.82 Å². The number of carbonyl (C=O) groups is 2. The monoisotopic (exact) mass is 371 g/mol. The van der Waals surface area contributed by atoms with Crippen molar-refractivity contribution in [3.05, 3.63) is 74.4 Å². The Morgan fingerprint density at radius 2 is 1.81 bits per heavy atom. The molecule has 8 nitrogen and oxygen atoms in total. The second-order valence-electron chi connectivity index (χ2n) is 5.69. The number of allylic oxidation sites excluding steroid dienone is 1. The van der Waals surface area contributed by atoms with E-state index in [9.17, 15) is 19.2 Å². The van der Waals surface area contributed by atoms with E-state index in [0.29, 0.717) is 0 Å².